The molecule has 0 N–H and O–H groups in total. The predicted octanol–water partition coefficient (Wildman–Crippen LogP) is 1.43. The van der Waals surface area contributed by atoms with E-state index in [0.29, 0.717) is 0 Å². The molecular weight excluding hydrogens is 202 g/mol. The van der Waals surface area contributed by atoms with Crippen molar-refractivity contribution >= 4 is 5.69 Å². The van der Waals surface area contributed by atoms with Crippen molar-refractivity contribution in [2.24, 2.45) is 0 Å². The first kappa shape index (κ1) is 11.6. The second-order valence-electron chi connectivity index (χ2n) is 2.74. The summed E-state index contributed by atoms with van der Waals surface area (Å²) in [5.41, 5.74) is -0.476. The highest BCUT2D eigenvalue weighted by Crippen LogP contribution is 2.31. The van der Waals surface area contributed by atoms with Crippen LogP contribution in [-0.4, -0.2) is 19.1 Å². The zero-order valence-corrected chi connectivity index (χ0v) is 8.30. The number of nitrogens with zero attached hydrogens (tertiary/aromatic N) is 1. The number of benzene rings is 1. The zero-order chi connectivity index (χ0) is 11.5. The highest BCUT2D eigenvalue weighted by atomic mass is 16.8. The maximum absolute atomic E-state index is 11.8. The summed E-state index contributed by atoms with van der Waals surface area (Å²) in [5.74, 6) is -2.34. The van der Waals surface area contributed by atoms with Gasteiger partial charge in [-0.15, -0.1) is 0 Å². The Bertz CT molecular complexity index is 361. The molecular formula is C9H10NO5. The van der Waals surface area contributed by atoms with Crippen molar-refractivity contribution in [3.05, 3.63) is 39.9 Å². The summed E-state index contributed by atoms with van der Waals surface area (Å²) in [6, 6.07) is 5.50. The summed E-state index contributed by atoms with van der Waals surface area (Å²) in [4.78, 5) is 10.0. The van der Waals surface area contributed by atoms with Gasteiger partial charge in [0.05, 0.1) is 4.92 Å². The molecule has 0 unspecified atom stereocenters. The largest absolute Gasteiger partial charge is 0.346 e. The Morgan fingerprint density at radius 1 is 1.27 bits per heavy atom. The minimum atomic E-state index is -2.34. The van der Waals surface area contributed by atoms with Gasteiger partial charge in [-0.1, -0.05) is 12.1 Å². The molecule has 0 aliphatic carbocycles. The fourth-order valence-corrected chi connectivity index (χ4v) is 1.20. The van der Waals surface area contributed by atoms with Gasteiger partial charge in [-0.25, -0.2) is 0 Å². The molecule has 0 saturated carbocycles. The van der Waals surface area contributed by atoms with Crippen LogP contribution in [0.25, 0.3) is 0 Å². The lowest BCUT2D eigenvalue weighted by atomic mass is 10.1. The highest BCUT2D eigenvalue weighted by molar-refractivity contribution is 5.41. The fraction of sp³-hybridized carbons (Fsp3) is 0.333. The molecule has 1 rings (SSSR count). The minimum Gasteiger partial charge on any atom is -0.325 e. The summed E-state index contributed by atoms with van der Waals surface area (Å²) in [5, 5.41) is 22.5. The van der Waals surface area contributed by atoms with Crippen molar-refractivity contribution in [3.63, 3.8) is 0 Å². The monoisotopic (exact) mass is 212 g/mol. The van der Waals surface area contributed by atoms with Crippen LogP contribution in [-0.2, 0) is 20.6 Å². The van der Waals surface area contributed by atoms with Crippen LogP contribution in [0.4, 0.5) is 5.69 Å². The molecule has 6 heteroatoms. The lowest BCUT2D eigenvalue weighted by Gasteiger charge is -2.21. The SMILES string of the molecule is COC([O])(OC)c1ccccc1[N+](=O)[O-]. The summed E-state index contributed by atoms with van der Waals surface area (Å²) in [6.07, 6.45) is 0. The lowest BCUT2D eigenvalue weighted by molar-refractivity contribution is -0.408. The number of nitro benzene ring substituents is 1. The molecule has 0 atom stereocenters. The Hall–Kier alpha value is -1.50. The highest BCUT2D eigenvalue weighted by Gasteiger charge is 2.38. The number of nitro groups is 1. The Labute approximate surface area is 86.2 Å². The van der Waals surface area contributed by atoms with Crippen molar-refractivity contribution in [1.82, 2.24) is 0 Å². The topological polar surface area (TPSA) is 81.5 Å². The third kappa shape index (κ3) is 2.12. The Kier molecular flexibility index (Phi) is 3.35. The second kappa shape index (κ2) is 4.35. The maximum Gasteiger partial charge on any atom is 0.346 e. The first-order valence-electron chi connectivity index (χ1n) is 4.09. The van der Waals surface area contributed by atoms with Gasteiger partial charge >= 0.3 is 5.97 Å². The van der Waals surface area contributed by atoms with Crippen LogP contribution in [0.1, 0.15) is 5.56 Å². The molecule has 0 amide bonds. The van der Waals surface area contributed by atoms with E-state index in [1.807, 2.05) is 0 Å². The van der Waals surface area contributed by atoms with E-state index in [0.717, 1.165) is 14.2 Å². The fourth-order valence-electron chi connectivity index (χ4n) is 1.20. The molecule has 0 aliphatic rings. The predicted molar refractivity (Wildman–Crippen MR) is 49.5 cm³/mol. The Morgan fingerprint density at radius 2 is 1.80 bits per heavy atom. The molecule has 0 fully saturated rings. The number of methoxy groups -OCH3 is 2. The molecule has 1 aromatic carbocycles. The second-order valence-corrected chi connectivity index (χ2v) is 2.74. The third-order valence-corrected chi connectivity index (χ3v) is 1.97. The van der Waals surface area contributed by atoms with Crippen molar-refractivity contribution in [1.29, 1.82) is 0 Å². The normalized spacial score (nSPS) is 11.4. The van der Waals surface area contributed by atoms with Gasteiger partial charge in [0.1, 0.15) is 5.56 Å². The number of rotatable bonds is 4. The minimum absolute atomic E-state index is 0.153. The molecule has 0 aliphatic heterocycles. The Balaban J connectivity index is 3.29. The first-order valence-corrected chi connectivity index (χ1v) is 4.09. The van der Waals surface area contributed by atoms with Gasteiger partial charge in [-0.05, 0) is 6.07 Å². The standard InChI is InChI=1S/C9H10NO5/c1-14-9(11,15-2)7-5-3-4-6-8(7)10(12)13/h3-6H,1-2H3. The zero-order valence-electron chi connectivity index (χ0n) is 8.30. The van der Waals surface area contributed by atoms with Crippen molar-refractivity contribution < 1.29 is 19.5 Å². The number of ether oxygens (including phenoxy) is 2. The molecule has 15 heavy (non-hydrogen) atoms. The van der Waals surface area contributed by atoms with Crippen molar-refractivity contribution in [3.8, 4) is 0 Å². The molecule has 0 saturated heterocycles. The van der Waals surface area contributed by atoms with E-state index in [1.165, 1.54) is 24.3 Å². The van der Waals surface area contributed by atoms with Crippen molar-refractivity contribution in [2.75, 3.05) is 14.2 Å². The number of hydrogen-bond acceptors (Lipinski definition) is 4. The molecule has 0 bridgehead atoms. The van der Waals surface area contributed by atoms with Crippen molar-refractivity contribution in [2.45, 2.75) is 5.97 Å². The summed E-state index contributed by atoms with van der Waals surface area (Å²) in [7, 11) is 2.26. The molecule has 0 aromatic heterocycles. The first-order chi connectivity index (χ1) is 7.05. The molecule has 1 aromatic rings. The summed E-state index contributed by atoms with van der Waals surface area (Å²) >= 11 is 0. The molecule has 81 valence electrons. The molecule has 6 nitrogen and oxygen atoms in total. The van der Waals surface area contributed by atoms with E-state index in [9.17, 15) is 15.2 Å². The number of para-hydroxylation sites is 1. The average Bonchev–Trinajstić information content (AvgIpc) is 2.28. The molecule has 1 radical (unpaired) electrons. The van der Waals surface area contributed by atoms with Gasteiger partial charge < -0.3 is 9.47 Å². The maximum atomic E-state index is 11.8. The van der Waals surface area contributed by atoms with E-state index in [2.05, 4.69) is 9.47 Å². The molecule has 0 spiro atoms. The summed E-state index contributed by atoms with van der Waals surface area (Å²) in [6.45, 7) is 0. The smallest absolute Gasteiger partial charge is 0.325 e. The van der Waals surface area contributed by atoms with Crippen LogP contribution in [0.15, 0.2) is 24.3 Å². The third-order valence-electron chi connectivity index (χ3n) is 1.97. The lowest BCUT2D eigenvalue weighted by Crippen LogP contribution is -2.29. The summed E-state index contributed by atoms with van der Waals surface area (Å²) < 4.78 is 9.16. The van der Waals surface area contributed by atoms with E-state index < -0.39 is 10.9 Å². The van der Waals surface area contributed by atoms with E-state index in [4.69, 9.17) is 0 Å². The van der Waals surface area contributed by atoms with Gasteiger partial charge in [0.25, 0.3) is 5.69 Å². The van der Waals surface area contributed by atoms with Gasteiger partial charge in [0, 0.05) is 20.3 Å². The van der Waals surface area contributed by atoms with Gasteiger partial charge in [-0.3, -0.25) is 10.1 Å². The van der Waals surface area contributed by atoms with E-state index in [-0.39, 0.29) is 11.3 Å². The van der Waals surface area contributed by atoms with Crippen LogP contribution in [0, 0.1) is 10.1 Å². The van der Waals surface area contributed by atoms with Crippen LogP contribution in [0.2, 0.25) is 0 Å². The van der Waals surface area contributed by atoms with Crippen LogP contribution in [0.5, 0.6) is 0 Å². The number of hydrogen-bond donors (Lipinski definition) is 0. The van der Waals surface area contributed by atoms with E-state index >= 15 is 0 Å². The van der Waals surface area contributed by atoms with Gasteiger partial charge in [0.15, 0.2) is 0 Å². The van der Waals surface area contributed by atoms with Crippen LogP contribution < -0.4 is 0 Å². The van der Waals surface area contributed by atoms with Crippen LogP contribution >= 0.6 is 0 Å². The molecule has 0 heterocycles. The van der Waals surface area contributed by atoms with Crippen LogP contribution in [0.3, 0.4) is 0 Å². The van der Waals surface area contributed by atoms with Gasteiger partial charge in [-0.2, -0.15) is 5.11 Å². The van der Waals surface area contributed by atoms with Gasteiger partial charge in [0.2, 0.25) is 0 Å². The average molecular weight is 212 g/mol. The van der Waals surface area contributed by atoms with E-state index in [1.54, 1.807) is 0 Å². The Morgan fingerprint density at radius 3 is 2.27 bits per heavy atom. The quantitative estimate of drug-likeness (QED) is 0.429.